The van der Waals surface area contributed by atoms with Gasteiger partial charge in [-0.05, 0) is 38.9 Å². The van der Waals surface area contributed by atoms with E-state index in [1.807, 2.05) is 27.7 Å². The summed E-state index contributed by atoms with van der Waals surface area (Å²) in [6.45, 7) is 8.69. The molecule has 1 rings (SSSR count). The first-order chi connectivity index (χ1) is 9.64. The zero-order valence-electron chi connectivity index (χ0n) is 12.8. The summed E-state index contributed by atoms with van der Waals surface area (Å²) in [5.74, 6) is 0. The third-order valence-electron chi connectivity index (χ3n) is 3.29. The lowest BCUT2D eigenvalue weighted by Crippen LogP contribution is -2.42. The Morgan fingerprint density at radius 3 is 2.33 bits per heavy atom. The van der Waals surface area contributed by atoms with Crippen molar-refractivity contribution in [2.75, 3.05) is 6.54 Å². The van der Waals surface area contributed by atoms with Gasteiger partial charge in [-0.3, -0.25) is 0 Å². The fraction of sp³-hybridized carbons (Fsp3) is 0.571. The van der Waals surface area contributed by atoms with E-state index in [1.54, 1.807) is 6.07 Å². The van der Waals surface area contributed by atoms with Gasteiger partial charge < -0.3 is 5.32 Å². The van der Waals surface area contributed by atoms with E-state index in [1.165, 1.54) is 6.07 Å². The summed E-state index contributed by atoms with van der Waals surface area (Å²) >= 11 is 12.4. The maximum Gasteiger partial charge on any atom is 0.242 e. The largest absolute Gasteiger partial charge is 0.313 e. The average Bonchev–Trinajstić information content (AvgIpc) is 2.37. The molecule has 0 heterocycles. The maximum atomic E-state index is 12.5. The molecule has 1 aromatic rings. The van der Waals surface area contributed by atoms with Crippen LogP contribution in [0.15, 0.2) is 17.0 Å². The molecule has 1 aromatic carbocycles. The van der Waals surface area contributed by atoms with Gasteiger partial charge in [0.25, 0.3) is 0 Å². The van der Waals surface area contributed by atoms with Crippen LogP contribution in [0.3, 0.4) is 0 Å². The molecule has 0 saturated heterocycles. The topological polar surface area (TPSA) is 58.2 Å². The summed E-state index contributed by atoms with van der Waals surface area (Å²) in [5, 5.41) is 3.72. The fourth-order valence-electron chi connectivity index (χ4n) is 1.69. The molecule has 0 aliphatic carbocycles. The second-order valence-corrected chi connectivity index (χ2v) is 7.90. The fourth-order valence-corrected chi connectivity index (χ4v) is 4.08. The minimum atomic E-state index is -3.69. The van der Waals surface area contributed by atoms with E-state index < -0.39 is 15.6 Å². The first-order valence-corrected chi connectivity index (χ1v) is 9.10. The van der Waals surface area contributed by atoms with Crippen LogP contribution in [0.25, 0.3) is 0 Å². The zero-order chi connectivity index (χ0) is 16.3. The molecule has 0 aliphatic rings. The highest BCUT2D eigenvalue weighted by Gasteiger charge is 2.27. The van der Waals surface area contributed by atoms with Crippen LogP contribution in [-0.2, 0) is 16.6 Å². The molecule has 0 unspecified atom stereocenters. The molecular weight excluding hydrogens is 331 g/mol. The number of rotatable bonds is 7. The van der Waals surface area contributed by atoms with Gasteiger partial charge in [0.2, 0.25) is 10.0 Å². The summed E-state index contributed by atoms with van der Waals surface area (Å²) in [4.78, 5) is 0.0583. The lowest BCUT2D eigenvalue weighted by molar-refractivity contribution is 0.439. The molecule has 0 atom stereocenters. The van der Waals surface area contributed by atoms with E-state index in [2.05, 4.69) is 10.0 Å². The highest BCUT2D eigenvalue weighted by molar-refractivity contribution is 7.89. The molecule has 4 nitrogen and oxygen atoms in total. The Kier molecular flexibility index (Phi) is 6.50. The molecule has 21 heavy (non-hydrogen) atoms. The molecule has 7 heteroatoms. The standard InChI is InChI=1S/C14H22Cl2N2O2S/c1-5-14(3,4)18-21(19,20)12-8-7-11(15)10(13(12)16)9-17-6-2/h7-8,17-18H,5-6,9H2,1-4H3. The first-order valence-electron chi connectivity index (χ1n) is 6.86. The van der Waals surface area contributed by atoms with Gasteiger partial charge >= 0.3 is 0 Å². The van der Waals surface area contributed by atoms with Crippen molar-refractivity contribution >= 4 is 33.2 Å². The highest BCUT2D eigenvalue weighted by Crippen LogP contribution is 2.31. The van der Waals surface area contributed by atoms with Crippen molar-refractivity contribution in [2.24, 2.45) is 0 Å². The van der Waals surface area contributed by atoms with Gasteiger partial charge in [0.15, 0.2) is 0 Å². The van der Waals surface area contributed by atoms with Gasteiger partial charge in [0, 0.05) is 22.7 Å². The molecule has 0 bridgehead atoms. The van der Waals surface area contributed by atoms with Crippen molar-refractivity contribution in [1.29, 1.82) is 0 Å². The molecule has 0 radical (unpaired) electrons. The highest BCUT2D eigenvalue weighted by atomic mass is 35.5. The summed E-state index contributed by atoms with van der Waals surface area (Å²) in [7, 11) is -3.69. The van der Waals surface area contributed by atoms with Crippen LogP contribution in [0.2, 0.25) is 10.0 Å². The van der Waals surface area contributed by atoms with Gasteiger partial charge in [0.05, 0.1) is 5.02 Å². The predicted octanol–water partition coefficient (Wildman–Crippen LogP) is 3.57. The molecule has 0 saturated carbocycles. The molecule has 0 aliphatic heterocycles. The monoisotopic (exact) mass is 352 g/mol. The zero-order valence-corrected chi connectivity index (χ0v) is 15.1. The normalized spacial score (nSPS) is 12.7. The Balaban J connectivity index is 3.25. The van der Waals surface area contributed by atoms with Crippen LogP contribution >= 0.6 is 23.2 Å². The summed E-state index contributed by atoms with van der Waals surface area (Å²) < 4.78 is 27.7. The third-order valence-corrected chi connectivity index (χ3v) is 5.92. The van der Waals surface area contributed by atoms with Gasteiger partial charge in [-0.15, -0.1) is 0 Å². The van der Waals surface area contributed by atoms with Gasteiger partial charge in [0.1, 0.15) is 4.90 Å². The van der Waals surface area contributed by atoms with E-state index in [0.717, 1.165) is 6.54 Å². The Hall–Kier alpha value is -0.330. The quantitative estimate of drug-likeness (QED) is 0.788. The van der Waals surface area contributed by atoms with Crippen LogP contribution in [0, 0.1) is 0 Å². The Bertz CT molecular complexity index is 601. The minimum Gasteiger partial charge on any atom is -0.313 e. The van der Waals surface area contributed by atoms with Crippen LogP contribution in [-0.4, -0.2) is 20.5 Å². The number of nitrogens with one attached hydrogen (secondary N) is 2. The van der Waals surface area contributed by atoms with Gasteiger partial charge in [-0.25, -0.2) is 13.1 Å². The van der Waals surface area contributed by atoms with Crippen molar-refractivity contribution in [1.82, 2.24) is 10.0 Å². The molecule has 0 amide bonds. The van der Waals surface area contributed by atoms with Crippen molar-refractivity contribution in [3.05, 3.63) is 27.7 Å². The van der Waals surface area contributed by atoms with E-state index in [-0.39, 0.29) is 9.92 Å². The first kappa shape index (κ1) is 18.7. The third kappa shape index (κ3) is 4.83. The number of hydrogen-bond acceptors (Lipinski definition) is 3. The maximum absolute atomic E-state index is 12.5. The van der Waals surface area contributed by atoms with E-state index in [4.69, 9.17) is 23.2 Å². The molecule has 0 aromatic heterocycles. The predicted molar refractivity (Wildman–Crippen MR) is 88.5 cm³/mol. The van der Waals surface area contributed by atoms with Crippen LogP contribution in [0.5, 0.6) is 0 Å². The SMILES string of the molecule is CCNCc1c(Cl)ccc(S(=O)(=O)NC(C)(C)CC)c1Cl. The minimum absolute atomic E-state index is 0.0583. The van der Waals surface area contributed by atoms with E-state index in [0.29, 0.717) is 23.6 Å². The Morgan fingerprint density at radius 1 is 1.19 bits per heavy atom. The van der Waals surface area contributed by atoms with Crippen molar-refractivity contribution in [2.45, 2.75) is 51.1 Å². The molecule has 0 fully saturated rings. The van der Waals surface area contributed by atoms with Crippen LogP contribution in [0.4, 0.5) is 0 Å². The van der Waals surface area contributed by atoms with Crippen LogP contribution in [0.1, 0.15) is 39.7 Å². The number of halogens is 2. The van der Waals surface area contributed by atoms with Crippen molar-refractivity contribution in [3.8, 4) is 0 Å². The molecular formula is C14H22Cl2N2O2S. The smallest absolute Gasteiger partial charge is 0.242 e. The average molecular weight is 353 g/mol. The van der Waals surface area contributed by atoms with E-state index >= 15 is 0 Å². The summed E-state index contributed by atoms with van der Waals surface area (Å²) in [6.07, 6.45) is 0.668. The van der Waals surface area contributed by atoms with Crippen molar-refractivity contribution in [3.63, 3.8) is 0 Å². The molecule has 120 valence electrons. The summed E-state index contributed by atoms with van der Waals surface area (Å²) in [5.41, 5.74) is 0.0567. The molecule has 0 spiro atoms. The number of benzene rings is 1. The number of sulfonamides is 1. The second-order valence-electron chi connectivity index (χ2n) is 5.46. The number of hydrogen-bond donors (Lipinski definition) is 2. The lowest BCUT2D eigenvalue weighted by atomic mass is 10.0. The summed E-state index contributed by atoms with van der Waals surface area (Å²) in [6, 6.07) is 3.00. The van der Waals surface area contributed by atoms with E-state index in [9.17, 15) is 8.42 Å². The molecule has 2 N–H and O–H groups in total. The second kappa shape index (κ2) is 7.29. The lowest BCUT2D eigenvalue weighted by Gasteiger charge is -2.24. The van der Waals surface area contributed by atoms with Crippen LogP contribution < -0.4 is 10.0 Å². The Morgan fingerprint density at radius 2 is 1.81 bits per heavy atom. The Labute approximate surface area is 137 Å². The van der Waals surface area contributed by atoms with Gasteiger partial charge in [-0.2, -0.15) is 0 Å². The van der Waals surface area contributed by atoms with Gasteiger partial charge in [-0.1, -0.05) is 37.0 Å². The van der Waals surface area contributed by atoms with Crippen molar-refractivity contribution < 1.29 is 8.42 Å².